The molecule has 3 heterocycles. The number of anilines is 8. The third-order valence-electron chi connectivity index (χ3n) is 13.9. The van der Waals surface area contributed by atoms with Gasteiger partial charge in [-0.05, 0) is 114 Å². The van der Waals surface area contributed by atoms with Crippen LogP contribution in [0.25, 0.3) is 0 Å². The number of rotatable bonds is 11. The number of primary amides is 1. The molecular weight excluding hydrogens is 1120 g/mol. The number of carbonyl (C=O) groups is 1. The molecule has 3 aliphatic rings. The van der Waals surface area contributed by atoms with Crippen LogP contribution < -0.4 is 55.3 Å². The quantitative estimate of drug-likeness (QED) is 0.0328. The molecule has 442 valence electrons. The second-order valence-electron chi connectivity index (χ2n) is 20.4. The molecule has 3 fully saturated rings. The molecule has 9 rings (SSSR count). The zero-order valence-electron chi connectivity index (χ0n) is 45.3. The van der Waals surface area contributed by atoms with Crippen LogP contribution in [0.2, 0.25) is 5.15 Å². The molecule has 3 aromatic heterocycles. The number of hydrogen-bond acceptors (Lipinski definition) is 15. The minimum absolute atomic E-state index is 0.0110. The molecule has 6 aromatic rings. The van der Waals surface area contributed by atoms with Gasteiger partial charge in [-0.25, -0.2) is 54.5 Å². The summed E-state index contributed by atoms with van der Waals surface area (Å²) in [5, 5.41) is 31.6. The highest BCUT2D eigenvalue weighted by Crippen LogP contribution is 2.38. The maximum atomic E-state index is 14.5. The van der Waals surface area contributed by atoms with Crippen LogP contribution in [-0.4, -0.2) is 74.9 Å². The summed E-state index contributed by atoms with van der Waals surface area (Å²) < 4.78 is 125. The minimum atomic E-state index is -3.04. The van der Waals surface area contributed by atoms with Crippen molar-refractivity contribution in [2.24, 2.45) is 22.9 Å². The zero-order chi connectivity index (χ0) is 61.0. The third-order valence-corrected chi connectivity index (χ3v) is 14.2. The summed E-state index contributed by atoms with van der Waals surface area (Å²) in [7, 11) is 0. The summed E-state index contributed by atoms with van der Waals surface area (Å²) in [6, 6.07) is 22.0. The first-order chi connectivity index (χ1) is 39.1. The SMILES string of the molecule is Cc1ccc(N)cc1.Cc1ccc(Nc2nc(N[C@@H]3CCCC(F)(F)[C@@H]3N)c(F)cc2C#N)cc1.Cc1ccc(Nc2nc(N[C@@H]3CCCC(F)(F)[C@@H]3N)c(F)cc2C(N)=O)cc1.N#Cc1cc(F)c(N[C@@H]2CCCC(F)(F)[C@@H]2N)nc1Cl. The van der Waals surface area contributed by atoms with Crippen LogP contribution in [0, 0.1) is 60.9 Å². The summed E-state index contributed by atoms with van der Waals surface area (Å²) >= 11 is 5.69. The van der Waals surface area contributed by atoms with Gasteiger partial charge in [0.25, 0.3) is 23.7 Å². The standard InChI is InChI=1S/C19H22F3N5O.C19H20F3N5.C12H12ClF3N4.C7H9N/c1-10-4-6-11(7-5-10)25-17-12(16(24)28)9-13(20)18(27-17)26-14-3-2-8-19(21,22)15(14)23;1-11-4-6-13(7-5-11)25-17-12(10-23)9-14(20)18(27-17)26-15-3-2-8-19(21,22)16(15)24;13-10-6(5-17)4-7(14)11(20-10)19-8-2-1-3-12(15,16)9(8)18;1-6-2-4-7(8)5-3-6/h4-7,9,14-15H,2-3,8,23H2,1H3,(H2,24,28)(H2,25,26,27);4-7,9,15-16H,2-3,8,24H2,1H3,(H2,25,26,27);4,8-9H,1-3,18H2,(H,19,20);2-5H,8H2,1H3/t14-,15-;15-,16-;8-,9-;/m111./s1. The lowest BCUT2D eigenvalue weighted by molar-refractivity contribution is -0.0559. The van der Waals surface area contributed by atoms with E-state index in [9.17, 15) is 49.6 Å². The average molecular weight is 1180 g/mol. The average Bonchev–Trinajstić information content (AvgIpc) is 3.61. The Balaban J connectivity index is 0.000000189. The number of carbonyl (C=O) groups excluding carboxylic acids is 1. The number of nitrogen functional groups attached to an aromatic ring is 1. The summed E-state index contributed by atoms with van der Waals surface area (Å²) in [4.78, 5) is 23.6. The van der Waals surface area contributed by atoms with Gasteiger partial charge in [-0.3, -0.25) is 4.79 Å². The molecule has 26 heteroatoms. The van der Waals surface area contributed by atoms with Crippen molar-refractivity contribution in [3.05, 3.63) is 147 Å². The van der Waals surface area contributed by atoms with Crippen molar-refractivity contribution in [1.82, 2.24) is 15.0 Å². The van der Waals surface area contributed by atoms with E-state index in [0.29, 0.717) is 30.6 Å². The first-order valence-electron chi connectivity index (χ1n) is 26.2. The molecule has 0 aliphatic heterocycles. The summed E-state index contributed by atoms with van der Waals surface area (Å²) in [6.07, 6.45) is 1.09. The molecule has 6 atom stereocenters. The highest BCUT2D eigenvalue weighted by molar-refractivity contribution is 6.30. The Morgan fingerprint density at radius 2 is 0.880 bits per heavy atom. The Morgan fingerprint density at radius 3 is 1.25 bits per heavy atom. The van der Waals surface area contributed by atoms with Crippen LogP contribution in [0.3, 0.4) is 0 Å². The van der Waals surface area contributed by atoms with E-state index in [1.165, 1.54) is 5.56 Å². The Kier molecular flexibility index (Phi) is 21.4. The third kappa shape index (κ3) is 17.2. The Labute approximate surface area is 478 Å². The van der Waals surface area contributed by atoms with E-state index in [1.54, 1.807) is 30.3 Å². The molecule has 0 bridgehead atoms. The normalized spacial score (nSPS) is 21.0. The summed E-state index contributed by atoms with van der Waals surface area (Å²) in [5.74, 6) is -13.0. The molecule has 3 saturated carbocycles. The molecule has 0 saturated heterocycles. The molecule has 0 unspecified atom stereocenters. The van der Waals surface area contributed by atoms with E-state index >= 15 is 0 Å². The smallest absolute Gasteiger partial charge is 0.264 e. The monoisotopic (exact) mass is 1180 g/mol. The van der Waals surface area contributed by atoms with Gasteiger partial charge < -0.3 is 55.3 Å². The number of hydrogen-bond donors (Lipinski definition) is 10. The van der Waals surface area contributed by atoms with Crippen LogP contribution in [0.4, 0.5) is 85.7 Å². The maximum absolute atomic E-state index is 14.5. The Morgan fingerprint density at radius 1 is 0.542 bits per heavy atom. The number of alkyl halides is 6. The molecule has 0 spiro atoms. The Bertz CT molecular complexity index is 3250. The zero-order valence-corrected chi connectivity index (χ0v) is 46.1. The number of pyridine rings is 3. The number of nitrogens with zero attached hydrogens (tertiary/aromatic N) is 5. The summed E-state index contributed by atoms with van der Waals surface area (Å²) in [5.41, 5.74) is 32.8. The van der Waals surface area contributed by atoms with Gasteiger partial charge in [0.1, 0.15) is 23.1 Å². The number of aromatic nitrogens is 3. The number of amides is 1. The highest BCUT2D eigenvalue weighted by atomic mass is 35.5. The lowest BCUT2D eigenvalue weighted by Gasteiger charge is -2.36. The van der Waals surface area contributed by atoms with Crippen LogP contribution >= 0.6 is 11.6 Å². The van der Waals surface area contributed by atoms with Gasteiger partial charge in [0, 0.05) is 54.5 Å². The molecule has 15 N–H and O–H groups in total. The van der Waals surface area contributed by atoms with Gasteiger partial charge in [0.05, 0.1) is 34.8 Å². The number of nitrogens with two attached hydrogens (primary N) is 5. The first-order valence-corrected chi connectivity index (χ1v) is 26.6. The fraction of sp³-hybridized carbons (Fsp3) is 0.368. The van der Waals surface area contributed by atoms with Crippen molar-refractivity contribution in [3.63, 3.8) is 0 Å². The lowest BCUT2D eigenvalue weighted by Crippen LogP contribution is -2.55. The fourth-order valence-corrected chi connectivity index (χ4v) is 9.19. The molecular formula is C57H63ClF9N15O. The molecule has 83 heavy (non-hydrogen) atoms. The number of nitriles is 2. The van der Waals surface area contributed by atoms with Crippen LogP contribution in [-0.2, 0) is 0 Å². The van der Waals surface area contributed by atoms with E-state index in [0.717, 1.165) is 35.0 Å². The lowest BCUT2D eigenvalue weighted by atomic mass is 9.87. The summed E-state index contributed by atoms with van der Waals surface area (Å²) in [6.45, 7) is 5.89. The van der Waals surface area contributed by atoms with Gasteiger partial charge in [-0.15, -0.1) is 0 Å². The molecule has 3 aromatic carbocycles. The van der Waals surface area contributed by atoms with Crippen molar-refractivity contribution in [2.75, 3.05) is 32.3 Å². The van der Waals surface area contributed by atoms with Gasteiger partial charge >= 0.3 is 0 Å². The molecule has 0 radical (unpaired) electrons. The second-order valence-corrected chi connectivity index (χ2v) is 20.7. The highest BCUT2D eigenvalue weighted by Gasteiger charge is 2.47. The fourth-order valence-electron chi connectivity index (χ4n) is 9.01. The topological polar surface area (TPSA) is 294 Å². The number of halogens is 10. The van der Waals surface area contributed by atoms with Crippen LogP contribution in [0.15, 0.2) is 91.0 Å². The van der Waals surface area contributed by atoms with Crippen molar-refractivity contribution in [3.8, 4) is 12.1 Å². The number of aryl methyl sites for hydroxylation is 3. The molecule has 16 nitrogen and oxygen atoms in total. The minimum Gasteiger partial charge on any atom is -0.399 e. The van der Waals surface area contributed by atoms with E-state index in [2.05, 4.69) is 41.5 Å². The Hall–Kier alpha value is -8.10. The maximum Gasteiger partial charge on any atom is 0.264 e. The molecule has 1 amide bonds. The van der Waals surface area contributed by atoms with Crippen molar-refractivity contribution in [1.29, 1.82) is 10.5 Å². The van der Waals surface area contributed by atoms with Crippen molar-refractivity contribution < 1.29 is 44.3 Å². The largest absolute Gasteiger partial charge is 0.399 e. The second kappa shape index (κ2) is 27.8. The van der Waals surface area contributed by atoms with E-state index in [4.69, 9.17) is 45.5 Å². The van der Waals surface area contributed by atoms with Gasteiger partial charge in [-0.2, -0.15) is 10.5 Å². The van der Waals surface area contributed by atoms with E-state index < -0.39 is 77.4 Å². The predicted octanol–water partition coefficient (Wildman–Crippen LogP) is 11.6. The molecule has 3 aliphatic carbocycles. The van der Waals surface area contributed by atoms with Crippen LogP contribution in [0.5, 0.6) is 0 Å². The number of nitrogens with one attached hydrogen (secondary N) is 5. The van der Waals surface area contributed by atoms with Gasteiger partial charge in [-0.1, -0.05) is 64.7 Å². The van der Waals surface area contributed by atoms with E-state index in [1.807, 2.05) is 75.4 Å². The van der Waals surface area contributed by atoms with Crippen molar-refractivity contribution >= 4 is 63.7 Å². The van der Waals surface area contributed by atoms with Crippen molar-refractivity contribution in [2.45, 2.75) is 133 Å². The van der Waals surface area contributed by atoms with Gasteiger partial charge in [0.2, 0.25) is 0 Å². The first kappa shape index (κ1) is 64.1. The van der Waals surface area contributed by atoms with Gasteiger partial charge in [0.15, 0.2) is 40.7 Å². The number of benzene rings is 3. The van der Waals surface area contributed by atoms with Crippen LogP contribution in [0.1, 0.15) is 96.0 Å². The predicted molar refractivity (Wildman–Crippen MR) is 303 cm³/mol. The van der Waals surface area contributed by atoms with E-state index in [-0.39, 0.29) is 89.5 Å².